The predicted octanol–water partition coefficient (Wildman–Crippen LogP) is 2.99. The fourth-order valence-electron chi connectivity index (χ4n) is 4.42. The molecule has 0 aliphatic carbocycles. The Kier molecular flexibility index (Phi) is 7.67. The fraction of sp³-hybridized carbons (Fsp3) is 0.385. The van der Waals surface area contributed by atoms with Crippen LogP contribution in [0.25, 0.3) is 5.76 Å². The highest BCUT2D eigenvalue weighted by atomic mass is 19.1. The Morgan fingerprint density at radius 3 is 2.46 bits per heavy atom. The van der Waals surface area contributed by atoms with Crippen LogP contribution in [0.15, 0.2) is 48.0 Å². The van der Waals surface area contributed by atoms with Gasteiger partial charge in [0.15, 0.2) is 11.5 Å². The molecule has 35 heavy (non-hydrogen) atoms. The maximum atomic E-state index is 13.5. The van der Waals surface area contributed by atoms with Crippen molar-refractivity contribution >= 4 is 17.4 Å². The number of carbonyl (C=O) groups is 2. The van der Waals surface area contributed by atoms with Gasteiger partial charge in [0.25, 0.3) is 11.7 Å². The molecule has 4 rings (SSSR count). The number of hydrogen-bond acceptors (Lipinski definition) is 7. The number of carbonyl (C=O) groups excluding carboxylic acids is 2. The van der Waals surface area contributed by atoms with Gasteiger partial charge in [0.2, 0.25) is 0 Å². The van der Waals surface area contributed by atoms with E-state index in [4.69, 9.17) is 14.2 Å². The van der Waals surface area contributed by atoms with Gasteiger partial charge >= 0.3 is 0 Å². The van der Waals surface area contributed by atoms with Gasteiger partial charge in [-0.1, -0.05) is 6.07 Å². The molecule has 2 aromatic rings. The minimum absolute atomic E-state index is 0.0465. The Bertz CT molecular complexity index is 1110. The Labute approximate surface area is 203 Å². The number of amides is 1. The smallest absolute Gasteiger partial charge is 0.295 e. The summed E-state index contributed by atoms with van der Waals surface area (Å²) in [5.41, 5.74) is 0.797. The molecule has 0 unspecified atom stereocenters. The van der Waals surface area contributed by atoms with Crippen LogP contribution >= 0.6 is 0 Å². The van der Waals surface area contributed by atoms with Gasteiger partial charge in [0, 0.05) is 31.7 Å². The molecule has 0 radical (unpaired) electrons. The van der Waals surface area contributed by atoms with Crippen LogP contribution in [0.1, 0.15) is 24.1 Å². The first-order chi connectivity index (χ1) is 16.9. The third kappa shape index (κ3) is 5.16. The standard InChI is InChI=1S/C26H29FN2O6/c1-3-35-20-9-6-18(16-21(20)33-2)23-22(24(30)17-4-7-19(27)8-5-17)25(31)26(32)29(23)11-10-28-12-14-34-15-13-28/h4-9,16,23,30H,3,10-15H2,1-2H3/t23-/m1/s1. The molecule has 2 saturated heterocycles. The van der Waals surface area contributed by atoms with Crippen LogP contribution in [0.4, 0.5) is 4.39 Å². The molecule has 0 saturated carbocycles. The summed E-state index contributed by atoms with van der Waals surface area (Å²) in [6, 6.07) is 9.48. The average Bonchev–Trinajstić information content (AvgIpc) is 3.13. The highest BCUT2D eigenvalue weighted by Gasteiger charge is 2.46. The van der Waals surface area contributed by atoms with Crippen LogP contribution in [0.2, 0.25) is 0 Å². The zero-order chi connectivity index (χ0) is 24.9. The van der Waals surface area contributed by atoms with Crippen molar-refractivity contribution in [3.05, 3.63) is 65.0 Å². The van der Waals surface area contributed by atoms with Crippen molar-refractivity contribution < 1.29 is 33.3 Å². The highest BCUT2D eigenvalue weighted by Crippen LogP contribution is 2.42. The Morgan fingerprint density at radius 1 is 1.09 bits per heavy atom. The molecule has 1 amide bonds. The van der Waals surface area contributed by atoms with Gasteiger partial charge in [-0.15, -0.1) is 0 Å². The molecule has 1 N–H and O–H groups in total. The van der Waals surface area contributed by atoms with E-state index in [1.165, 1.54) is 36.3 Å². The van der Waals surface area contributed by atoms with E-state index in [1.54, 1.807) is 18.2 Å². The number of methoxy groups -OCH3 is 1. The molecule has 9 heteroatoms. The quantitative estimate of drug-likeness (QED) is 0.350. The molecular formula is C26H29FN2O6. The molecular weight excluding hydrogens is 455 g/mol. The first-order valence-electron chi connectivity index (χ1n) is 11.6. The number of halogens is 1. The number of benzene rings is 2. The molecule has 2 aliphatic rings. The van der Waals surface area contributed by atoms with Crippen molar-refractivity contribution in [2.45, 2.75) is 13.0 Å². The lowest BCUT2D eigenvalue weighted by molar-refractivity contribution is -0.140. The Balaban J connectivity index is 1.77. The Morgan fingerprint density at radius 2 is 1.80 bits per heavy atom. The van der Waals surface area contributed by atoms with E-state index in [2.05, 4.69) is 4.90 Å². The average molecular weight is 485 g/mol. The van der Waals surface area contributed by atoms with E-state index in [9.17, 15) is 19.1 Å². The van der Waals surface area contributed by atoms with Crippen LogP contribution in [-0.2, 0) is 14.3 Å². The summed E-state index contributed by atoms with van der Waals surface area (Å²) in [6.07, 6.45) is 0. The van der Waals surface area contributed by atoms with Crippen LogP contribution in [0, 0.1) is 5.82 Å². The number of nitrogens with zero attached hydrogens (tertiary/aromatic N) is 2. The monoisotopic (exact) mass is 484 g/mol. The van der Waals surface area contributed by atoms with Gasteiger partial charge in [-0.05, 0) is 48.9 Å². The lowest BCUT2D eigenvalue weighted by Crippen LogP contribution is -2.42. The molecule has 2 fully saturated rings. The lowest BCUT2D eigenvalue weighted by atomic mass is 9.95. The molecule has 0 aromatic heterocycles. The second-order valence-electron chi connectivity index (χ2n) is 8.30. The first-order valence-corrected chi connectivity index (χ1v) is 11.6. The predicted molar refractivity (Wildman–Crippen MR) is 127 cm³/mol. The largest absolute Gasteiger partial charge is 0.507 e. The van der Waals surface area contributed by atoms with Gasteiger partial charge in [-0.25, -0.2) is 4.39 Å². The molecule has 2 aromatic carbocycles. The number of rotatable bonds is 8. The third-order valence-electron chi connectivity index (χ3n) is 6.22. The summed E-state index contributed by atoms with van der Waals surface area (Å²) in [4.78, 5) is 30.0. The molecule has 0 spiro atoms. The molecule has 8 nitrogen and oxygen atoms in total. The van der Waals surface area contributed by atoms with Crippen LogP contribution in [0.3, 0.4) is 0 Å². The molecule has 2 heterocycles. The van der Waals surface area contributed by atoms with Crippen molar-refractivity contribution in [3.63, 3.8) is 0 Å². The number of aliphatic hydroxyl groups excluding tert-OH is 1. The number of Topliss-reactive ketones (excluding diaryl/α,β-unsaturated/α-hetero) is 1. The summed E-state index contributed by atoms with van der Waals surface area (Å²) >= 11 is 0. The fourth-order valence-corrected chi connectivity index (χ4v) is 4.42. The van der Waals surface area contributed by atoms with Gasteiger partial charge < -0.3 is 24.2 Å². The second kappa shape index (κ2) is 10.9. The molecule has 0 bridgehead atoms. The number of ether oxygens (including phenoxy) is 3. The summed E-state index contributed by atoms with van der Waals surface area (Å²) in [5, 5.41) is 11.1. The maximum absolute atomic E-state index is 13.5. The summed E-state index contributed by atoms with van der Waals surface area (Å²) in [7, 11) is 1.51. The highest BCUT2D eigenvalue weighted by molar-refractivity contribution is 6.46. The topological polar surface area (TPSA) is 88.5 Å². The van der Waals surface area contributed by atoms with Crippen LogP contribution in [0.5, 0.6) is 11.5 Å². The van der Waals surface area contributed by atoms with Crippen LogP contribution in [-0.4, -0.2) is 79.7 Å². The summed E-state index contributed by atoms with van der Waals surface area (Å²) < 4.78 is 29.9. The summed E-state index contributed by atoms with van der Waals surface area (Å²) in [5.74, 6) is -1.32. The van der Waals surface area contributed by atoms with Crippen molar-refractivity contribution in [3.8, 4) is 11.5 Å². The third-order valence-corrected chi connectivity index (χ3v) is 6.22. The number of ketones is 1. The molecule has 1 atom stereocenters. The van der Waals surface area contributed by atoms with Gasteiger partial charge in [-0.2, -0.15) is 0 Å². The van der Waals surface area contributed by atoms with E-state index >= 15 is 0 Å². The normalized spacial score (nSPS) is 20.3. The number of hydrogen-bond donors (Lipinski definition) is 1. The minimum atomic E-state index is -0.842. The maximum Gasteiger partial charge on any atom is 0.295 e. The SMILES string of the molecule is CCOc1ccc([C@@H]2C(=C(O)c3ccc(F)cc3)C(=O)C(=O)N2CCN2CCOCC2)cc1OC. The van der Waals surface area contributed by atoms with E-state index in [0.717, 1.165) is 13.1 Å². The van der Waals surface area contributed by atoms with Gasteiger partial charge in [0.1, 0.15) is 11.6 Å². The van der Waals surface area contributed by atoms with E-state index in [1.807, 2.05) is 6.92 Å². The van der Waals surface area contributed by atoms with Crippen LogP contribution < -0.4 is 9.47 Å². The number of aliphatic hydroxyl groups is 1. The van der Waals surface area contributed by atoms with E-state index < -0.39 is 23.5 Å². The van der Waals surface area contributed by atoms with Crippen molar-refractivity contribution in [1.29, 1.82) is 0 Å². The van der Waals surface area contributed by atoms with Gasteiger partial charge in [0.05, 0.1) is 38.5 Å². The molecule has 2 aliphatic heterocycles. The first kappa shape index (κ1) is 24.7. The summed E-state index contributed by atoms with van der Waals surface area (Å²) in [6.45, 7) is 5.84. The zero-order valence-corrected chi connectivity index (χ0v) is 19.8. The second-order valence-corrected chi connectivity index (χ2v) is 8.30. The van der Waals surface area contributed by atoms with Crippen molar-refractivity contribution in [2.24, 2.45) is 0 Å². The van der Waals surface area contributed by atoms with Crippen molar-refractivity contribution in [2.75, 3.05) is 53.1 Å². The molecule has 186 valence electrons. The number of likely N-dealkylation sites (tertiary alicyclic amines) is 1. The minimum Gasteiger partial charge on any atom is -0.507 e. The number of morpholine rings is 1. The lowest BCUT2D eigenvalue weighted by Gasteiger charge is -2.31. The van der Waals surface area contributed by atoms with E-state index in [0.29, 0.717) is 43.4 Å². The zero-order valence-electron chi connectivity index (χ0n) is 19.8. The van der Waals surface area contributed by atoms with Gasteiger partial charge in [-0.3, -0.25) is 14.5 Å². The Hall–Kier alpha value is -3.43. The van der Waals surface area contributed by atoms with Crippen molar-refractivity contribution in [1.82, 2.24) is 9.80 Å². The van der Waals surface area contributed by atoms with E-state index in [-0.39, 0.29) is 23.4 Å².